The number of amides is 1. The fourth-order valence-electron chi connectivity index (χ4n) is 3.73. The second kappa shape index (κ2) is 10.1. The van der Waals surface area contributed by atoms with Gasteiger partial charge in [-0.3, -0.25) is 10.0 Å². The first kappa shape index (κ1) is 22.3. The van der Waals surface area contributed by atoms with Gasteiger partial charge in [-0.1, -0.05) is 30.3 Å². The van der Waals surface area contributed by atoms with Gasteiger partial charge in [0.15, 0.2) is 14.6 Å². The lowest BCUT2D eigenvalue weighted by Gasteiger charge is -2.34. The molecule has 0 atom stereocenters. The molecule has 1 aliphatic heterocycles. The standard InChI is InChI=1S/C22H28N2O5S/c25-21(24-26)22(13-16-29-17-14-22)30(27,28)20-11-9-19(10-12-20)23-15-5-4-8-18-6-2-1-3-7-18/h1-3,6-7,9-12,23,26H,4-5,8,13-17H2,(H,24,25). The van der Waals surface area contributed by atoms with Crippen LogP contribution in [0.3, 0.4) is 0 Å². The van der Waals surface area contributed by atoms with Crippen LogP contribution in [0.5, 0.6) is 0 Å². The summed E-state index contributed by atoms with van der Waals surface area (Å²) >= 11 is 0. The van der Waals surface area contributed by atoms with E-state index in [2.05, 4.69) is 17.4 Å². The number of benzene rings is 2. The van der Waals surface area contributed by atoms with E-state index in [1.54, 1.807) is 12.1 Å². The van der Waals surface area contributed by atoms with Gasteiger partial charge >= 0.3 is 0 Å². The number of ether oxygens (including phenoxy) is 1. The summed E-state index contributed by atoms with van der Waals surface area (Å²) in [7, 11) is -3.99. The average Bonchev–Trinajstić information content (AvgIpc) is 2.79. The minimum absolute atomic E-state index is 0.00312. The van der Waals surface area contributed by atoms with Crippen molar-refractivity contribution in [1.82, 2.24) is 5.48 Å². The van der Waals surface area contributed by atoms with Crippen molar-refractivity contribution in [2.24, 2.45) is 0 Å². The number of unbranched alkanes of at least 4 members (excludes halogenated alkanes) is 1. The minimum Gasteiger partial charge on any atom is -0.385 e. The highest BCUT2D eigenvalue weighted by molar-refractivity contribution is 7.93. The topological polar surface area (TPSA) is 105 Å². The van der Waals surface area contributed by atoms with Gasteiger partial charge in [-0.2, -0.15) is 0 Å². The number of aryl methyl sites for hydroxylation is 1. The van der Waals surface area contributed by atoms with Crippen LogP contribution in [0.4, 0.5) is 5.69 Å². The Kier molecular flexibility index (Phi) is 7.47. The Morgan fingerprint density at radius 1 is 1.00 bits per heavy atom. The second-order valence-corrected chi connectivity index (χ2v) is 9.70. The van der Waals surface area contributed by atoms with Crippen molar-refractivity contribution in [3.63, 3.8) is 0 Å². The minimum atomic E-state index is -3.99. The molecule has 1 amide bonds. The Balaban J connectivity index is 1.59. The molecule has 1 heterocycles. The maximum Gasteiger partial charge on any atom is 0.265 e. The molecule has 0 aliphatic carbocycles. The maximum atomic E-state index is 13.2. The van der Waals surface area contributed by atoms with Gasteiger partial charge in [0, 0.05) is 25.4 Å². The Labute approximate surface area is 177 Å². The molecule has 1 saturated heterocycles. The third-order valence-corrected chi connectivity index (χ3v) is 8.07. The summed E-state index contributed by atoms with van der Waals surface area (Å²) in [6.07, 6.45) is 3.09. The van der Waals surface area contributed by atoms with Crippen LogP contribution in [-0.2, 0) is 25.8 Å². The van der Waals surface area contributed by atoms with Crippen LogP contribution in [0.15, 0.2) is 59.5 Å². The molecule has 30 heavy (non-hydrogen) atoms. The molecule has 1 aliphatic rings. The van der Waals surface area contributed by atoms with Gasteiger partial charge in [-0.05, 0) is 61.9 Å². The summed E-state index contributed by atoms with van der Waals surface area (Å²) < 4.78 is 29.9. The number of carbonyl (C=O) groups excluding carboxylic acids is 1. The van der Waals surface area contributed by atoms with E-state index >= 15 is 0 Å². The molecule has 0 saturated carbocycles. The van der Waals surface area contributed by atoms with Crippen molar-refractivity contribution in [3.05, 3.63) is 60.2 Å². The largest absolute Gasteiger partial charge is 0.385 e. The van der Waals surface area contributed by atoms with E-state index in [0.29, 0.717) is 0 Å². The summed E-state index contributed by atoms with van der Waals surface area (Å²) in [5.41, 5.74) is 3.67. The zero-order valence-electron chi connectivity index (χ0n) is 16.8. The number of sulfone groups is 1. The summed E-state index contributed by atoms with van der Waals surface area (Å²) in [5.74, 6) is -0.911. The van der Waals surface area contributed by atoms with Gasteiger partial charge in [0.05, 0.1) is 4.90 Å². The summed E-state index contributed by atoms with van der Waals surface area (Å²) in [6, 6.07) is 16.7. The van der Waals surface area contributed by atoms with Crippen molar-refractivity contribution in [2.45, 2.75) is 41.7 Å². The van der Waals surface area contributed by atoms with E-state index in [1.165, 1.54) is 23.2 Å². The number of hydroxylamine groups is 1. The Morgan fingerprint density at radius 3 is 2.30 bits per heavy atom. The highest BCUT2D eigenvalue weighted by atomic mass is 32.2. The van der Waals surface area contributed by atoms with Crippen molar-refractivity contribution < 1.29 is 23.2 Å². The molecule has 0 unspecified atom stereocenters. The van der Waals surface area contributed by atoms with Crippen LogP contribution >= 0.6 is 0 Å². The molecule has 0 spiro atoms. The van der Waals surface area contributed by atoms with Gasteiger partial charge in [0.1, 0.15) is 0 Å². The van der Waals surface area contributed by atoms with E-state index in [4.69, 9.17) is 9.94 Å². The van der Waals surface area contributed by atoms with Crippen LogP contribution in [0.1, 0.15) is 31.2 Å². The Bertz CT molecular complexity index is 924. The van der Waals surface area contributed by atoms with Gasteiger partial charge in [-0.15, -0.1) is 0 Å². The van der Waals surface area contributed by atoms with Crippen LogP contribution in [0.2, 0.25) is 0 Å². The molecule has 2 aromatic rings. The number of anilines is 1. The summed E-state index contributed by atoms with van der Waals surface area (Å²) in [6.45, 7) is 1.08. The van der Waals surface area contributed by atoms with E-state index in [0.717, 1.165) is 31.5 Å². The Hall–Kier alpha value is -2.42. The third kappa shape index (κ3) is 4.83. The third-order valence-electron chi connectivity index (χ3n) is 5.56. The molecule has 2 aromatic carbocycles. The average molecular weight is 433 g/mol. The molecule has 3 rings (SSSR count). The summed E-state index contributed by atoms with van der Waals surface area (Å²) in [4.78, 5) is 12.3. The van der Waals surface area contributed by atoms with E-state index in [9.17, 15) is 13.2 Å². The molecule has 0 aromatic heterocycles. The molecule has 1 fully saturated rings. The van der Waals surface area contributed by atoms with Crippen LogP contribution in [0.25, 0.3) is 0 Å². The smallest absolute Gasteiger partial charge is 0.265 e. The molecule has 3 N–H and O–H groups in total. The molecule has 8 heteroatoms. The molecular formula is C22H28N2O5S. The lowest BCUT2D eigenvalue weighted by atomic mass is 9.98. The first-order valence-electron chi connectivity index (χ1n) is 10.1. The lowest BCUT2D eigenvalue weighted by molar-refractivity contribution is -0.134. The fraction of sp³-hybridized carbons (Fsp3) is 0.409. The highest BCUT2D eigenvalue weighted by Gasteiger charge is 2.52. The van der Waals surface area contributed by atoms with Crippen LogP contribution in [-0.4, -0.2) is 44.0 Å². The molecule has 7 nitrogen and oxygen atoms in total. The Morgan fingerprint density at radius 2 is 1.67 bits per heavy atom. The fourth-order valence-corrected chi connectivity index (χ4v) is 5.67. The monoisotopic (exact) mass is 432 g/mol. The van der Waals surface area contributed by atoms with E-state index in [1.807, 2.05) is 18.2 Å². The number of hydrogen-bond acceptors (Lipinski definition) is 6. The van der Waals surface area contributed by atoms with Crippen molar-refractivity contribution in [1.29, 1.82) is 0 Å². The maximum absolute atomic E-state index is 13.2. The van der Waals surface area contributed by atoms with Gasteiger partial charge in [0.2, 0.25) is 0 Å². The normalized spacial score (nSPS) is 16.0. The first-order valence-corrected chi connectivity index (χ1v) is 11.6. The number of hydrogen-bond donors (Lipinski definition) is 3. The summed E-state index contributed by atoms with van der Waals surface area (Å²) in [5, 5.41) is 12.4. The zero-order valence-corrected chi connectivity index (χ0v) is 17.7. The highest BCUT2D eigenvalue weighted by Crippen LogP contribution is 2.35. The SMILES string of the molecule is O=C(NO)C1(S(=O)(=O)c2ccc(NCCCCc3ccccc3)cc2)CCOCC1. The predicted octanol–water partition coefficient (Wildman–Crippen LogP) is 2.95. The lowest BCUT2D eigenvalue weighted by Crippen LogP contribution is -2.54. The zero-order chi connectivity index (χ0) is 21.5. The quantitative estimate of drug-likeness (QED) is 0.320. The number of nitrogens with one attached hydrogen (secondary N) is 2. The molecule has 0 bridgehead atoms. The number of rotatable bonds is 9. The predicted molar refractivity (Wildman–Crippen MR) is 114 cm³/mol. The van der Waals surface area contributed by atoms with Crippen LogP contribution in [0, 0.1) is 0 Å². The van der Waals surface area contributed by atoms with Gasteiger partial charge in [0.25, 0.3) is 5.91 Å². The van der Waals surface area contributed by atoms with E-state index < -0.39 is 20.5 Å². The van der Waals surface area contributed by atoms with Gasteiger partial charge < -0.3 is 10.1 Å². The number of carbonyl (C=O) groups is 1. The second-order valence-electron chi connectivity index (χ2n) is 7.44. The molecule has 0 radical (unpaired) electrons. The molecular weight excluding hydrogens is 404 g/mol. The van der Waals surface area contributed by atoms with E-state index in [-0.39, 0.29) is 31.0 Å². The van der Waals surface area contributed by atoms with Crippen molar-refractivity contribution in [3.8, 4) is 0 Å². The van der Waals surface area contributed by atoms with Crippen LogP contribution < -0.4 is 10.8 Å². The molecule has 162 valence electrons. The van der Waals surface area contributed by atoms with Crippen molar-refractivity contribution in [2.75, 3.05) is 25.1 Å². The first-order chi connectivity index (χ1) is 14.5. The van der Waals surface area contributed by atoms with Crippen molar-refractivity contribution >= 4 is 21.4 Å². The van der Waals surface area contributed by atoms with Gasteiger partial charge in [-0.25, -0.2) is 13.9 Å².